The molecule has 1 fully saturated rings. The first-order valence-corrected chi connectivity index (χ1v) is 8.22. The molecule has 0 aromatic carbocycles. The van der Waals surface area contributed by atoms with E-state index in [4.69, 9.17) is 0 Å². The molecule has 2 unspecified atom stereocenters. The van der Waals surface area contributed by atoms with E-state index in [0.717, 1.165) is 18.9 Å². The molecule has 0 spiro atoms. The summed E-state index contributed by atoms with van der Waals surface area (Å²) < 4.78 is 0. The number of hydrogen-bond acceptors (Lipinski definition) is 2. The first-order valence-electron chi connectivity index (χ1n) is 7.40. The molecule has 0 saturated heterocycles. The van der Waals surface area contributed by atoms with E-state index >= 15 is 0 Å². The van der Waals surface area contributed by atoms with Gasteiger partial charge in [-0.25, -0.2) is 0 Å². The van der Waals surface area contributed by atoms with Crippen LogP contribution < -0.4 is 5.32 Å². The molecule has 0 bridgehead atoms. The number of nitrogens with one attached hydrogen (secondary N) is 1. The molecular formula is C16H27NS. The number of rotatable bonds is 5. The van der Waals surface area contributed by atoms with Crippen molar-refractivity contribution in [2.45, 2.75) is 59.4 Å². The Balaban J connectivity index is 2.22. The van der Waals surface area contributed by atoms with E-state index in [0.29, 0.717) is 11.5 Å². The van der Waals surface area contributed by atoms with Crippen molar-refractivity contribution in [1.82, 2.24) is 5.32 Å². The van der Waals surface area contributed by atoms with Crippen LogP contribution in [0, 0.1) is 11.3 Å². The molecule has 1 aromatic heterocycles. The van der Waals surface area contributed by atoms with Crippen LogP contribution in [0.1, 0.15) is 62.8 Å². The van der Waals surface area contributed by atoms with Gasteiger partial charge < -0.3 is 5.32 Å². The van der Waals surface area contributed by atoms with E-state index in [1.165, 1.54) is 24.1 Å². The smallest absolute Gasteiger partial charge is 0.0448 e. The van der Waals surface area contributed by atoms with E-state index in [1.54, 1.807) is 4.88 Å². The fraction of sp³-hybridized carbons (Fsp3) is 0.750. The summed E-state index contributed by atoms with van der Waals surface area (Å²) in [6.45, 7) is 10.4. The Hall–Kier alpha value is -0.340. The van der Waals surface area contributed by atoms with E-state index < -0.39 is 0 Å². The fourth-order valence-corrected chi connectivity index (χ4v) is 4.48. The first-order chi connectivity index (χ1) is 8.58. The third kappa shape index (κ3) is 2.80. The van der Waals surface area contributed by atoms with Crippen molar-refractivity contribution in [3.8, 4) is 0 Å². The van der Waals surface area contributed by atoms with Crippen molar-refractivity contribution in [3.05, 3.63) is 21.9 Å². The molecule has 2 heteroatoms. The fourth-order valence-electron chi connectivity index (χ4n) is 3.38. The van der Waals surface area contributed by atoms with Gasteiger partial charge in [0.05, 0.1) is 0 Å². The van der Waals surface area contributed by atoms with Crippen molar-refractivity contribution in [3.63, 3.8) is 0 Å². The van der Waals surface area contributed by atoms with Gasteiger partial charge in [0, 0.05) is 15.8 Å². The topological polar surface area (TPSA) is 12.0 Å². The number of hydrogen-bond donors (Lipinski definition) is 1. The van der Waals surface area contributed by atoms with Crippen LogP contribution in [0.15, 0.2) is 12.1 Å². The quantitative estimate of drug-likeness (QED) is 0.807. The summed E-state index contributed by atoms with van der Waals surface area (Å²) in [5.41, 5.74) is 0.489. The average molecular weight is 265 g/mol. The van der Waals surface area contributed by atoms with Crippen LogP contribution >= 0.6 is 11.3 Å². The maximum atomic E-state index is 3.74. The Kier molecular flexibility index (Phi) is 4.50. The lowest BCUT2D eigenvalue weighted by Crippen LogP contribution is -2.33. The van der Waals surface area contributed by atoms with Crippen molar-refractivity contribution < 1.29 is 0 Å². The molecule has 102 valence electrons. The van der Waals surface area contributed by atoms with Crippen LogP contribution in [0.25, 0.3) is 0 Å². The monoisotopic (exact) mass is 265 g/mol. The van der Waals surface area contributed by atoms with E-state index in [-0.39, 0.29) is 0 Å². The summed E-state index contributed by atoms with van der Waals surface area (Å²) in [6, 6.07) is 5.23. The zero-order chi connectivity index (χ0) is 13.2. The molecular weight excluding hydrogens is 238 g/mol. The standard InChI is InChI=1S/C16H27NS/c1-5-12-9-10-14(18-12)15(17-6-2)13-8-7-11-16(13,3)4/h9-10,13,15,17H,5-8,11H2,1-4H3. The van der Waals surface area contributed by atoms with Crippen molar-refractivity contribution in [2.24, 2.45) is 11.3 Å². The van der Waals surface area contributed by atoms with Crippen molar-refractivity contribution >= 4 is 11.3 Å². The van der Waals surface area contributed by atoms with Crippen molar-refractivity contribution in [1.29, 1.82) is 0 Å². The van der Waals surface area contributed by atoms with Crippen molar-refractivity contribution in [2.75, 3.05) is 6.54 Å². The highest BCUT2D eigenvalue weighted by atomic mass is 32.1. The van der Waals surface area contributed by atoms with Crippen LogP contribution in [0.3, 0.4) is 0 Å². The van der Waals surface area contributed by atoms with E-state index in [2.05, 4.69) is 45.1 Å². The maximum Gasteiger partial charge on any atom is 0.0448 e. The molecule has 0 amide bonds. The Labute approximate surface area is 116 Å². The minimum atomic E-state index is 0.489. The van der Waals surface area contributed by atoms with Gasteiger partial charge >= 0.3 is 0 Å². The van der Waals surface area contributed by atoms with Crippen LogP contribution in [-0.2, 0) is 6.42 Å². The molecule has 1 aliphatic rings. The predicted octanol–water partition coefficient (Wildman–Crippen LogP) is 4.79. The summed E-state index contributed by atoms with van der Waals surface area (Å²) in [6.07, 6.45) is 5.32. The number of thiophene rings is 1. The highest BCUT2D eigenvalue weighted by molar-refractivity contribution is 7.12. The Morgan fingerprint density at radius 3 is 2.67 bits per heavy atom. The lowest BCUT2D eigenvalue weighted by atomic mass is 9.77. The van der Waals surface area contributed by atoms with Gasteiger partial charge in [-0.2, -0.15) is 0 Å². The SMILES string of the molecule is CCNC(c1ccc(CC)s1)C1CCCC1(C)C. The lowest BCUT2D eigenvalue weighted by molar-refractivity contribution is 0.201. The molecule has 1 nitrogen and oxygen atoms in total. The van der Waals surface area contributed by atoms with Gasteiger partial charge in [-0.1, -0.05) is 34.1 Å². The van der Waals surface area contributed by atoms with Gasteiger partial charge in [-0.15, -0.1) is 11.3 Å². The summed E-state index contributed by atoms with van der Waals surface area (Å²) in [4.78, 5) is 3.07. The largest absolute Gasteiger partial charge is 0.309 e. The van der Waals surface area contributed by atoms with Crippen LogP contribution in [0.2, 0.25) is 0 Å². The zero-order valence-electron chi connectivity index (χ0n) is 12.3. The summed E-state index contributed by atoms with van der Waals surface area (Å²) in [5.74, 6) is 0.792. The third-order valence-electron chi connectivity index (χ3n) is 4.50. The Morgan fingerprint density at radius 1 is 1.39 bits per heavy atom. The van der Waals surface area contributed by atoms with Gasteiger partial charge in [-0.05, 0) is 49.3 Å². The van der Waals surface area contributed by atoms with Gasteiger partial charge in [0.15, 0.2) is 0 Å². The molecule has 1 aliphatic carbocycles. The molecule has 1 aromatic rings. The molecule has 0 aliphatic heterocycles. The highest BCUT2D eigenvalue weighted by Crippen LogP contribution is 2.49. The second kappa shape index (κ2) is 5.75. The third-order valence-corrected chi connectivity index (χ3v) is 5.82. The molecule has 2 rings (SSSR count). The Morgan fingerprint density at radius 2 is 2.17 bits per heavy atom. The minimum Gasteiger partial charge on any atom is -0.309 e. The minimum absolute atomic E-state index is 0.489. The Bertz CT molecular complexity index is 380. The van der Waals surface area contributed by atoms with Gasteiger partial charge in [0.25, 0.3) is 0 Å². The molecule has 0 radical (unpaired) electrons. The van der Waals surface area contributed by atoms with Gasteiger partial charge in [-0.3, -0.25) is 0 Å². The second-order valence-electron chi connectivity index (χ2n) is 6.18. The van der Waals surface area contributed by atoms with Crippen LogP contribution in [0.4, 0.5) is 0 Å². The molecule has 2 atom stereocenters. The predicted molar refractivity (Wildman–Crippen MR) is 81.2 cm³/mol. The van der Waals surface area contributed by atoms with E-state index in [1.807, 2.05) is 11.3 Å². The summed E-state index contributed by atoms with van der Waals surface area (Å²) in [7, 11) is 0. The highest BCUT2D eigenvalue weighted by Gasteiger charge is 2.40. The summed E-state index contributed by atoms with van der Waals surface area (Å²) >= 11 is 2.01. The van der Waals surface area contributed by atoms with E-state index in [9.17, 15) is 0 Å². The van der Waals surface area contributed by atoms with Crippen LogP contribution in [0.5, 0.6) is 0 Å². The maximum absolute atomic E-state index is 3.74. The number of aryl methyl sites for hydroxylation is 1. The molecule has 1 N–H and O–H groups in total. The second-order valence-corrected chi connectivity index (χ2v) is 7.38. The first kappa shape index (κ1) is 14.1. The summed E-state index contributed by atoms with van der Waals surface area (Å²) in [5, 5.41) is 3.74. The lowest BCUT2D eigenvalue weighted by Gasteiger charge is -2.34. The molecule has 1 saturated carbocycles. The molecule has 1 heterocycles. The van der Waals surface area contributed by atoms with Gasteiger partial charge in [0.1, 0.15) is 0 Å². The van der Waals surface area contributed by atoms with Crippen LogP contribution in [-0.4, -0.2) is 6.54 Å². The average Bonchev–Trinajstić information content (AvgIpc) is 2.92. The van der Waals surface area contributed by atoms with Gasteiger partial charge in [0.2, 0.25) is 0 Å². The zero-order valence-corrected chi connectivity index (χ0v) is 13.1. The normalized spacial score (nSPS) is 24.3. The molecule has 18 heavy (non-hydrogen) atoms.